The van der Waals surface area contributed by atoms with E-state index in [0.29, 0.717) is 24.1 Å². The van der Waals surface area contributed by atoms with Gasteiger partial charge in [0.2, 0.25) is 0 Å². The Morgan fingerprint density at radius 3 is 2.74 bits per heavy atom. The molecule has 7 nitrogen and oxygen atoms in total. The van der Waals surface area contributed by atoms with Crippen LogP contribution in [0.2, 0.25) is 0 Å². The Hall–Kier alpha value is -2.83. The predicted octanol–water partition coefficient (Wildman–Crippen LogP) is 1.11. The van der Waals surface area contributed by atoms with Crippen LogP contribution in [0, 0.1) is 0 Å². The van der Waals surface area contributed by atoms with Crippen LogP contribution in [0.3, 0.4) is 0 Å². The molecule has 0 atom stereocenters. The maximum Gasteiger partial charge on any atom is 0.329 e. The summed E-state index contributed by atoms with van der Waals surface area (Å²) in [5.74, 6) is -1.25. The summed E-state index contributed by atoms with van der Waals surface area (Å²) in [5.41, 5.74) is 3.36. The summed E-state index contributed by atoms with van der Waals surface area (Å²) in [4.78, 5) is 22.8. The van der Waals surface area contributed by atoms with Gasteiger partial charge >= 0.3 is 11.8 Å². The Morgan fingerprint density at radius 1 is 1.39 bits per heavy atom. The molecule has 0 saturated carbocycles. The first-order valence-corrected chi connectivity index (χ1v) is 7.15. The summed E-state index contributed by atoms with van der Waals surface area (Å²) < 4.78 is 5.09. The van der Waals surface area contributed by atoms with Crippen molar-refractivity contribution in [1.82, 2.24) is 10.7 Å². The molecule has 0 heterocycles. The van der Waals surface area contributed by atoms with Crippen molar-refractivity contribution in [2.75, 3.05) is 13.7 Å². The van der Waals surface area contributed by atoms with E-state index in [9.17, 15) is 14.7 Å². The van der Waals surface area contributed by atoms with Gasteiger partial charge in [0.05, 0.1) is 13.3 Å². The van der Waals surface area contributed by atoms with Gasteiger partial charge in [0.1, 0.15) is 0 Å². The number of ether oxygens (including phenoxy) is 1. The molecular formula is C16H21N3O4. The molecule has 2 amide bonds. The summed E-state index contributed by atoms with van der Waals surface area (Å²) in [6.07, 6.45) is 4.20. The molecule has 0 fully saturated rings. The summed E-state index contributed by atoms with van der Waals surface area (Å²) in [6, 6.07) is 3.25. The molecule has 1 aromatic carbocycles. The first kappa shape index (κ1) is 18.2. The summed E-state index contributed by atoms with van der Waals surface area (Å²) >= 11 is 0. The summed E-state index contributed by atoms with van der Waals surface area (Å²) in [5, 5.41) is 16.1. The Morgan fingerprint density at radius 2 is 2.13 bits per heavy atom. The number of hydrogen-bond acceptors (Lipinski definition) is 5. The van der Waals surface area contributed by atoms with Crippen molar-refractivity contribution >= 4 is 18.0 Å². The highest BCUT2D eigenvalue weighted by molar-refractivity contribution is 6.35. The average Bonchev–Trinajstić information content (AvgIpc) is 2.55. The molecule has 7 heteroatoms. The molecule has 0 bridgehead atoms. The third-order valence-corrected chi connectivity index (χ3v) is 2.88. The van der Waals surface area contributed by atoms with Gasteiger partial charge in [0.15, 0.2) is 11.5 Å². The second-order valence-corrected chi connectivity index (χ2v) is 4.68. The van der Waals surface area contributed by atoms with Crippen molar-refractivity contribution in [3.05, 3.63) is 35.9 Å². The number of benzene rings is 1. The normalized spacial score (nSPS) is 10.3. The van der Waals surface area contributed by atoms with Crippen LogP contribution in [-0.4, -0.2) is 36.8 Å². The number of phenols is 1. The van der Waals surface area contributed by atoms with E-state index in [4.69, 9.17) is 4.74 Å². The molecule has 23 heavy (non-hydrogen) atoms. The fourth-order valence-corrected chi connectivity index (χ4v) is 1.77. The van der Waals surface area contributed by atoms with Gasteiger partial charge < -0.3 is 15.2 Å². The SMILES string of the molecule is C=CCc1cc(/C=N/NC(=O)C(=O)NCCC)cc(OC)c1O. The number of aromatic hydroxyl groups is 1. The van der Waals surface area contributed by atoms with Gasteiger partial charge in [-0.05, 0) is 30.5 Å². The van der Waals surface area contributed by atoms with Gasteiger partial charge in [-0.3, -0.25) is 9.59 Å². The zero-order valence-corrected chi connectivity index (χ0v) is 13.3. The number of hydrogen-bond donors (Lipinski definition) is 3. The van der Waals surface area contributed by atoms with Gasteiger partial charge in [-0.15, -0.1) is 6.58 Å². The molecule has 0 radical (unpaired) electrons. The van der Waals surface area contributed by atoms with E-state index in [-0.39, 0.29) is 11.5 Å². The van der Waals surface area contributed by atoms with E-state index >= 15 is 0 Å². The number of carbonyl (C=O) groups excluding carboxylic acids is 2. The van der Waals surface area contributed by atoms with Crippen LogP contribution in [0.15, 0.2) is 29.9 Å². The largest absolute Gasteiger partial charge is 0.504 e. The first-order valence-electron chi connectivity index (χ1n) is 7.15. The Bertz CT molecular complexity index is 612. The number of amides is 2. The van der Waals surface area contributed by atoms with Gasteiger partial charge in [-0.1, -0.05) is 13.0 Å². The molecule has 0 aliphatic rings. The fourth-order valence-electron chi connectivity index (χ4n) is 1.77. The monoisotopic (exact) mass is 319 g/mol. The van der Waals surface area contributed by atoms with E-state index in [1.807, 2.05) is 6.92 Å². The van der Waals surface area contributed by atoms with Crippen molar-refractivity contribution in [3.63, 3.8) is 0 Å². The second-order valence-electron chi connectivity index (χ2n) is 4.68. The van der Waals surface area contributed by atoms with Crippen molar-refractivity contribution < 1.29 is 19.4 Å². The Labute approximate surface area is 135 Å². The Kier molecular flexibility index (Phi) is 7.32. The molecule has 124 valence electrons. The van der Waals surface area contributed by atoms with E-state index in [1.54, 1.807) is 18.2 Å². The molecule has 1 rings (SSSR count). The van der Waals surface area contributed by atoms with Crippen LogP contribution < -0.4 is 15.5 Å². The maximum absolute atomic E-state index is 11.5. The second kappa shape index (κ2) is 9.24. The summed E-state index contributed by atoms with van der Waals surface area (Å²) in [6.45, 7) is 5.94. The van der Waals surface area contributed by atoms with Gasteiger partial charge in [0.25, 0.3) is 0 Å². The van der Waals surface area contributed by atoms with Crippen molar-refractivity contribution in [2.45, 2.75) is 19.8 Å². The highest BCUT2D eigenvalue weighted by Gasteiger charge is 2.11. The molecule has 0 aliphatic heterocycles. The molecule has 3 N–H and O–H groups in total. The standard InChI is InChI=1S/C16H21N3O4/c1-4-6-12-8-11(9-13(23-3)14(12)20)10-18-19-16(22)15(21)17-7-5-2/h4,8-10,20H,1,5-7H2,2-3H3,(H,17,21)(H,19,22)/b18-10+. The lowest BCUT2D eigenvalue weighted by Gasteiger charge is -2.09. The predicted molar refractivity (Wildman–Crippen MR) is 87.6 cm³/mol. The molecule has 0 aromatic heterocycles. The van der Waals surface area contributed by atoms with Crippen LogP contribution in [0.4, 0.5) is 0 Å². The lowest BCUT2D eigenvalue weighted by atomic mass is 10.1. The highest BCUT2D eigenvalue weighted by atomic mass is 16.5. The third kappa shape index (κ3) is 5.46. The molecular weight excluding hydrogens is 298 g/mol. The van der Waals surface area contributed by atoms with Crippen LogP contribution in [0.1, 0.15) is 24.5 Å². The van der Waals surface area contributed by atoms with Crippen molar-refractivity contribution in [2.24, 2.45) is 5.10 Å². The van der Waals surface area contributed by atoms with E-state index < -0.39 is 11.8 Å². The van der Waals surface area contributed by atoms with Gasteiger partial charge in [-0.25, -0.2) is 5.43 Å². The number of rotatable bonds is 7. The minimum Gasteiger partial charge on any atom is -0.504 e. The van der Waals surface area contributed by atoms with Crippen LogP contribution in [0.5, 0.6) is 11.5 Å². The van der Waals surface area contributed by atoms with Gasteiger partial charge in [-0.2, -0.15) is 5.10 Å². The van der Waals surface area contributed by atoms with E-state index in [1.165, 1.54) is 13.3 Å². The van der Waals surface area contributed by atoms with E-state index in [2.05, 4.69) is 22.4 Å². The number of methoxy groups -OCH3 is 1. The lowest BCUT2D eigenvalue weighted by Crippen LogP contribution is -2.38. The highest BCUT2D eigenvalue weighted by Crippen LogP contribution is 2.31. The minimum absolute atomic E-state index is 0.0347. The smallest absolute Gasteiger partial charge is 0.329 e. The Balaban J connectivity index is 2.79. The van der Waals surface area contributed by atoms with Crippen molar-refractivity contribution in [3.8, 4) is 11.5 Å². The summed E-state index contributed by atoms with van der Waals surface area (Å²) in [7, 11) is 1.44. The molecule has 0 spiro atoms. The fraction of sp³-hybridized carbons (Fsp3) is 0.312. The lowest BCUT2D eigenvalue weighted by molar-refractivity contribution is -0.139. The topological polar surface area (TPSA) is 100 Å². The van der Waals surface area contributed by atoms with Crippen molar-refractivity contribution in [1.29, 1.82) is 0 Å². The van der Waals surface area contributed by atoms with Crippen LogP contribution in [-0.2, 0) is 16.0 Å². The first-order chi connectivity index (χ1) is 11.0. The number of allylic oxidation sites excluding steroid dienone is 1. The van der Waals surface area contributed by atoms with Gasteiger partial charge in [0, 0.05) is 12.1 Å². The quantitative estimate of drug-likeness (QED) is 0.303. The maximum atomic E-state index is 11.5. The minimum atomic E-state index is -0.841. The van der Waals surface area contributed by atoms with E-state index in [0.717, 1.165) is 6.42 Å². The number of carbonyl (C=O) groups is 2. The molecule has 0 unspecified atom stereocenters. The number of nitrogens with zero attached hydrogens (tertiary/aromatic N) is 1. The van der Waals surface area contributed by atoms with Crippen LogP contribution in [0.25, 0.3) is 0 Å². The molecule has 1 aromatic rings. The third-order valence-electron chi connectivity index (χ3n) is 2.88. The van der Waals surface area contributed by atoms with Crippen LogP contribution >= 0.6 is 0 Å². The number of nitrogens with one attached hydrogen (secondary N) is 2. The zero-order valence-electron chi connectivity index (χ0n) is 13.3. The average molecular weight is 319 g/mol. The number of hydrazone groups is 1. The molecule has 0 saturated heterocycles. The molecule has 0 aliphatic carbocycles. The zero-order chi connectivity index (χ0) is 17.2. The number of phenolic OH excluding ortho intramolecular Hbond substituents is 1.